The van der Waals surface area contributed by atoms with E-state index in [9.17, 15) is 13.5 Å². The van der Waals surface area contributed by atoms with E-state index in [0.29, 0.717) is 5.56 Å². The van der Waals surface area contributed by atoms with Crippen LogP contribution in [-0.2, 0) is 16.6 Å². The predicted molar refractivity (Wildman–Crippen MR) is 79.7 cm³/mol. The molecule has 1 unspecified atom stereocenters. The second-order valence-corrected chi connectivity index (χ2v) is 6.90. The van der Waals surface area contributed by atoms with Gasteiger partial charge in [0.05, 0.1) is 17.8 Å². The van der Waals surface area contributed by atoms with Crippen molar-refractivity contribution in [1.29, 1.82) is 0 Å². The maximum Gasteiger partial charge on any atom is 0.242 e. The lowest BCUT2D eigenvalue weighted by Gasteiger charge is -2.14. The van der Waals surface area contributed by atoms with Gasteiger partial charge in [-0.15, -0.1) is 0 Å². The summed E-state index contributed by atoms with van der Waals surface area (Å²) in [4.78, 5) is -0.132. The lowest BCUT2D eigenvalue weighted by molar-refractivity contribution is 0.281. The Morgan fingerprint density at radius 1 is 1.38 bits per heavy atom. The summed E-state index contributed by atoms with van der Waals surface area (Å²) < 4.78 is 27.3. The molecule has 21 heavy (non-hydrogen) atoms. The minimum absolute atomic E-state index is 0.0101. The van der Waals surface area contributed by atoms with Gasteiger partial charge in [-0.3, -0.25) is 5.10 Å². The Kier molecular flexibility index (Phi) is 4.90. The molecule has 0 aliphatic heterocycles. The van der Waals surface area contributed by atoms with Crippen LogP contribution in [-0.4, -0.2) is 23.7 Å². The molecule has 6 nitrogen and oxygen atoms in total. The molecule has 9 heteroatoms. The third kappa shape index (κ3) is 3.56. The number of hydrogen-bond donors (Lipinski definition) is 3. The van der Waals surface area contributed by atoms with Crippen LogP contribution < -0.4 is 4.72 Å². The van der Waals surface area contributed by atoms with Crippen molar-refractivity contribution in [1.82, 2.24) is 14.9 Å². The smallest absolute Gasteiger partial charge is 0.242 e. The second-order valence-electron chi connectivity index (χ2n) is 4.41. The summed E-state index contributed by atoms with van der Waals surface area (Å²) in [5.74, 6) is 0. The summed E-state index contributed by atoms with van der Waals surface area (Å²) in [5.41, 5.74) is 0.975. The van der Waals surface area contributed by atoms with E-state index < -0.39 is 16.1 Å². The quantitative estimate of drug-likeness (QED) is 0.771. The van der Waals surface area contributed by atoms with Gasteiger partial charge in [0, 0.05) is 22.8 Å². The molecule has 0 saturated heterocycles. The standard InChI is InChI=1S/C12H13Cl2N3O3S/c1-7(9-4-15-16-5-9)17-21(19,20)12-2-8(6-18)10(13)3-11(12)14/h2-5,7,17-18H,6H2,1H3,(H,15,16). The van der Waals surface area contributed by atoms with Crippen LogP contribution in [0.5, 0.6) is 0 Å². The zero-order valence-electron chi connectivity index (χ0n) is 11.0. The number of halogens is 2. The Balaban J connectivity index is 2.36. The number of aliphatic hydroxyl groups excluding tert-OH is 1. The summed E-state index contributed by atoms with van der Waals surface area (Å²) in [6, 6.07) is 2.07. The van der Waals surface area contributed by atoms with Crippen LogP contribution in [0.1, 0.15) is 24.1 Å². The monoisotopic (exact) mass is 349 g/mol. The van der Waals surface area contributed by atoms with Crippen LogP contribution in [0, 0.1) is 0 Å². The van der Waals surface area contributed by atoms with E-state index in [2.05, 4.69) is 14.9 Å². The summed E-state index contributed by atoms with van der Waals surface area (Å²) in [6.07, 6.45) is 3.12. The lowest BCUT2D eigenvalue weighted by Crippen LogP contribution is -2.27. The van der Waals surface area contributed by atoms with E-state index in [0.717, 1.165) is 0 Å². The SMILES string of the molecule is CC(NS(=O)(=O)c1cc(CO)c(Cl)cc1Cl)c1cn[nH]c1. The van der Waals surface area contributed by atoms with Crippen LogP contribution >= 0.6 is 23.2 Å². The van der Waals surface area contributed by atoms with Crippen molar-refractivity contribution in [2.24, 2.45) is 0 Å². The van der Waals surface area contributed by atoms with Gasteiger partial charge in [0.15, 0.2) is 0 Å². The molecule has 1 heterocycles. The summed E-state index contributed by atoms with van der Waals surface area (Å²) in [7, 11) is -3.86. The van der Waals surface area contributed by atoms with Gasteiger partial charge in [0.25, 0.3) is 0 Å². The topological polar surface area (TPSA) is 95.1 Å². The Bertz CT molecular complexity index is 732. The third-order valence-electron chi connectivity index (χ3n) is 2.91. The fourth-order valence-corrected chi connectivity index (χ4v) is 3.85. The highest BCUT2D eigenvalue weighted by Gasteiger charge is 2.23. The number of benzene rings is 1. The number of rotatable bonds is 5. The molecule has 0 amide bonds. The summed E-state index contributed by atoms with van der Waals surface area (Å²) >= 11 is 11.8. The van der Waals surface area contributed by atoms with E-state index in [4.69, 9.17) is 23.2 Å². The van der Waals surface area contributed by atoms with E-state index in [1.165, 1.54) is 18.3 Å². The number of nitrogens with zero attached hydrogens (tertiary/aromatic N) is 1. The van der Waals surface area contributed by atoms with Gasteiger partial charge in [0.1, 0.15) is 4.90 Å². The fraction of sp³-hybridized carbons (Fsp3) is 0.250. The molecule has 0 bridgehead atoms. The Labute approximate surface area is 132 Å². The van der Waals surface area contributed by atoms with Crippen molar-refractivity contribution in [3.63, 3.8) is 0 Å². The highest BCUT2D eigenvalue weighted by atomic mass is 35.5. The van der Waals surface area contributed by atoms with Crippen LogP contribution in [0.3, 0.4) is 0 Å². The molecule has 2 rings (SSSR count). The molecular weight excluding hydrogens is 337 g/mol. The largest absolute Gasteiger partial charge is 0.392 e. The molecule has 0 saturated carbocycles. The zero-order valence-corrected chi connectivity index (χ0v) is 13.3. The fourth-order valence-electron chi connectivity index (χ4n) is 1.76. The number of nitrogens with one attached hydrogen (secondary N) is 2. The van der Waals surface area contributed by atoms with Crippen LogP contribution in [0.2, 0.25) is 10.0 Å². The van der Waals surface area contributed by atoms with E-state index in [-0.39, 0.29) is 27.1 Å². The zero-order chi connectivity index (χ0) is 15.6. The molecule has 1 aromatic carbocycles. The highest BCUT2D eigenvalue weighted by molar-refractivity contribution is 7.89. The van der Waals surface area contributed by atoms with Gasteiger partial charge in [-0.1, -0.05) is 23.2 Å². The third-order valence-corrected chi connectivity index (χ3v) is 5.27. The molecule has 1 aromatic heterocycles. The summed E-state index contributed by atoms with van der Waals surface area (Å²) in [5, 5.41) is 15.8. The molecule has 0 aliphatic rings. The average Bonchev–Trinajstić information content (AvgIpc) is 2.91. The molecule has 1 atom stereocenters. The van der Waals surface area contributed by atoms with Crippen molar-refractivity contribution < 1.29 is 13.5 Å². The van der Waals surface area contributed by atoms with Crippen LogP contribution in [0.25, 0.3) is 0 Å². The lowest BCUT2D eigenvalue weighted by atomic mass is 10.2. The van der Waals surface area contributed by atoms with Gasteiger partial charge in [-0.2, -0.15) is 5.10 Å². The maximum absolute atomic E-state index is 12.4. The van der Waals surface area contributed by atoms with Crippen molar-refractivity contribution in [2.75, 3.05) is 0 Å². The van der Waals surface area contributed by atoms with Crippen molar-refractivity contribution in [3.05, 3.63) is 45.7 Å². The van der Waals surface area contributed by atoms with Gasteiger partial charge in [-0.25, -0.2) is 13.1 Å². The number of aromatic nitrogens is 2. The summed E-state index contributed by atoms with van der Waals surface area (Å²) in [6.45, 7) is 1.30. The Morgan fingerprint density at radius 2 is 2.10 bits per heavy atom. The molecule has 0 radical (unpaired) electrons. The van der Waals surface area contributed by atoms with Gasteiger partial charge in [-0.05, 0) is 24.6 Å². The van der Waals surface area contributed by atoms with Gasteiger partial charge in [0.2, 0.25) is 10.0 Å². The van der Waals surface area contributed by atoms with Crippen molar-refractivity contribution >= 4 is 33.2 Å². The molecule has 2 aromatic rings. The minimum Gasteiger partial charge on any atom is -0.392 e. The number of aromatic amines is 1. The molecule has 0 aliphatic carbocycles. The Hall–Kier alpha value is -1.12. The molecular formula is C12H13Cl2N3O3S. The molecule has 0 spiro atoms. The first kappa shape index (κ1) is 16.3. The average molecular weight is 350 g/mol. The number of sulfonamides is 1. The number of aliphatic hydroxyl groups is 1. The first-order valence-electron chi connectivity index (χ1n) is 5.95. The maximum atomic E-state index is 12.4. The van der Waals surface area contributed by atoms with Crippen molar-refractivity contribution in [2.45, 2.75) is 24.5 Å². The number of H-pyrrole nitrogens is 1. The molecule has 0 fully saturated rings. The minimum atomic E-state index is -3.86. The van der Waals surface area contributed by atoms with Gasteiger partial charge < -0.3 is 5.11 Å². The van der Waals surface area contributed by atoms with Crippen molar-refractivity contribution in [3.8, 4) is 0 Å². The second kappa shape index (κ2) is 6.33. The van der Waals surface area contributed by atoms with E-state index in [1.54, 1.807) is 13.1 Å². The van der Waals surface area contributed by atoms with E-state index >= 15 is 0 Å². The highest BCUT2D eigenvalue weighted by Crippen LogP contribution is 2.29. The van der Waals surface area contributed by atoms with E-state index in [1.807, 2.05) is 0 Å². The van der Waals surface area contributed by atoms with Crippen LogP contribution in [0.15, 0.2) is 29.4 Å². The van der Waals surface area contributed by atoms with Gasteiger partial charge >= 0.3 is 0 Å². The molecule has 3 N–H and O–H groups in total. The van der Waals surface area contributed by atoms with Crippen LogP contribution in [0.4, 0.5) is 0 Å². The normalized spacial score (nSPS) is 13.3. The Morgan fingerprint density at radius 3 is 2.67 bits per heavy atom. The molecule has 114 valence electrons. The first-order valence-corrected chi connectivity index (χ1v) is 8.19. The predicted octanol–water partition coefficient (Wildman–Crippen LogP) is 2.25. The first-order chi connectivity index (χ1) is 9.85. The number of hydrogen-bond acceptors (Lipinski definition) is 4.